The Bertz CT molecular complexity index is 101. The zero-order valence-electron chi connectivity index (χ0n) is 7.64. The van der Waals surface area contributed by atoms with Crippen molar-refractivity contribution in [3.63, 3.8) is 0 Å². The lowest BCUT2D eigenvalue weighted by molar-refractivity contribution is 0.294. The number of ether oxygens (including phenoxy) is 1. The van der Waals surface area contributed by atoms with E-state index < -0.39 is 0 Å². The summed E-state index contributed by atoms with van der Waals surface area (Å²) < 4.78 is 4.86. The molecule has 0 unspecified atom stereocenters. The normalized spacial score (nSPS) is 10.7. The van der Waals surface area contributed by atoms with E-state index in [0.717, 1.165) is 5.76 Å². The number of hydrogen-bond acceptors (Lipinski definition) is 1. The van der Waals surface area contributed by atoms with Gasteiger partial charge in [-0.15, -0.1) is 0 Å². The molecule has 60 valence electrons. The van der Waals surface area contributed by atoms with Gasteiger partial charge in [0.2, 0.25) is 0 Å². The van der Waals surface area contributed by atoms with Crippen molar-refractivity contribution >= 4 is 0 Å². The van der Waals surface area contributed by atoms with E-state index in [1.54, 1.807) is 7.11 Å². The van der Waals surface area contributed by atoms with Gasteiger partial charge in [0.25, 0.3) is 0 Å². The molecule has 0 rings (SSSR count). The third kappa shape index (κ3) is 10.3. The summed E-state index contributed by atoms with van der Waals surface area (Å²) in [5.74, 6) is 0.933. The standard InChI is InChI=1S/C7H12O.C2H6/c1-4-5-6-7(2)8-3;1-2/h4-6H,1-3H3;1-2H3/b5-4-,7-6+;. The van der Waals surface area contributed by atoms with E-state index in [1.807, 2.05) is 45.9 Å². The average molecular weight is 142 g/mol. The van der Waals surface area contributed by atoms with E-state index in [2.05, 4.69) is 0 Å². The Morgan fingerprint density at radius 3 is 2.10 bits per heavy atom. The Labute approximate surface area is 64.4 Å². The summed E-state index contributed by atoms with van der Waals surface area (Å²) in [4.78, 5) is 0. The fourth-order valence-corrected chi connectivity index (χ4v) is 0.300. The molecule has 10 heavy (non-hydrogen) atoms. The van der Waals surface area contributed by atoms with Crippen LogP contribution in [0.3, 0.4) is 0 Å². The topological polar surface area (TPSA) is 9.23 Å². The van der Waals surface area contributed by atoms with Gasteiger partial charge in [0, 0.05) is 0 Å². The zero-order valence-corrected chi connectivity index (χ0v) is 7.64. The molecule has 1 nitrogen and oxygen atoms in total. The number of methoxy groups -OCH3 is 1. The average Bonchev–Trinajstić information content (AvgIpc) is 2.04. The lowest BCUT2D eigenvalue weighted by Gasteiger charge is -1.92. The molecule has 0 saturated heterocycles. The van der Waals surface area contributed by atoms with Crippen LogP contribution in [0.25, 0.3) is 0 Å². The van der Waals surface area contributed by atoms with Crippen LogP contribution in [0.1, 0.15) is 27.7 Å². The lowest BCUT2D eigenvalue weighted by Crippen LogP contribution is -1.74. The highest BCUT2D eigenvalue weighted by atomic mass is 16.5. The van der Waals surface area contributed by atoms with Crippen LogP contribution in [0, 0.1) is 0 Å². The Kier molecular flexibility index (Phi) is 13.4. The van der Waals surface area contributed by atoms with Crippen molar-refractivity contribution in [3.05, 3.63) is 24.0 Å². The van der Waals surface area contributed by atoms with Crippen molar-refractivity contribution in [2.45, 2.75) is 27.7 Å². The molecule has 0 fully saturated rings. The van der Waals surface area contributed by atoms with E-state index >= 15 is 0 Å². The smallest absolute Gasteiger partial charge is 0.0924 e. The van der Waals surface area contributed by atoms with Crippen molar-refractivity contribution in [2.24, 2.45) is 0 Å². The first kappa shape index (κ1) is 12.0. The molecule has 0 aliphatic heterocycles. The van der Waals surface area contributed by atoms with Gasteiger partial charge in [-0.25, -0.2) is 0 Å². The molecule has 0 N–H and O–H groups in total. The molecule has 0 aliphatic carbocycles. The predicted octanol–water partition coefficient (Wildman–Crippen LogP) is 3.14. The summed E-state index contributed by atoms with van der Waals surface area (Å²) in [5.41, 5.74) is 0. The van der Waals surface area contributed by atoms with Gasteiger partial charge in [-0.1, -0.05) is 26.0 Å². The number of hydrogen-bond donors (Lipinski definition) is 0. The van der Waals surface area contributed by atoms with E-state index in [0.29, 0.717) is 0 Å². The summed E-state index contributed by atoms with van der Waals surface area (Å²) in [6.07, 6.45) is 5.82. The van der Waals surface area contributed by atoms with Crippen LogP contribution in [0.15, 0.2) is 24.0 Å². The molecule has 0 amide bonds. The summed E-state index contributed by atoms with van der Waals surface area (Å²) in [6, 6.07) is 0. The number of rotatable bonds is 2. The van der Waals surface area contributed by atoms with Gasteiger partial charge in [0.05, 0.1) is 12.9 Å². The van der Waals surface area contributed by atoms with Crippen molar-refractivity contribution in [1.82, 2.24) is 0 Å². The molecular formula is C9H18O. The summed E-state index contributed by atoms with van der Waals surface area (Å²) in [7, 11) is 1.66. The highest BCUT2D eigenvalue weighted by molar-refractivity contribution is 5.04. The third-order valence-corrected chi connectivity index (χ3v) is 0.845. The molecule has 0 bridgehead atoms. The first-order valence-electron chi connectivity index (χ1n) is 3.65. The SMILES string of the molecule is C/C=C\C=C(/C)OC.CC. The van der Waals surface area contributed by atoms with Crippen molar-refractivity contribution in [1.29, 1.82) is 0 Å². The van der Waals surface area contributed by atoms with Gasteiger partial charge in [-0.2, -0.15) is 0 Å². The van der Waals surface area contributed by atoms with Gasteiger partial charge < -0.3 is 4.74 Å². The largest absolute Gasteiger partial charge is 0.501 e. The Balaban J connectivity index is 0. The van der Waals surface area contributed by atoms with Crippen molar-refractivity contribution in [3.8, 4) is 0 Å². The minimum Gasteiger partial charge on any atom is -0.501 e. The molecule has 0 aromatic heterocycles. The molecule has 0 aromatic rings. The Hall–Kier alpha value is -0.720. The van der Waals surface area contributed by atoms with Crippen LogP contribution >= 0.6 is 0 Å². The van der Waals surface area contributed by atoms with Gasteiger partial charge in [-0.05, 0) is 19.9 Å². The molecule has 0 atom stereocenters. The summed E-state index contributed by atoms with van der Waals surface area (Å²) >= 11 is 0. The van der Waals surface area contributed by atoms with Crippen LogP contribution in [-0.4, -0.2) is 7.11 Å². The quantitative estimate of drug-likeness (QED) is 0.425. The van der Waals surface area contributed by atoms with Gasteiger partial charge in [0.15, 0.2) is 0 Å². The molecule has 0 aromatic carbocycles. The van der Waals surface area contributed by atoms with Crippen LogP contribution in [-0.2, 0) is 4.74 Å². The fourth-order valence-electron chi connectivity index (χ4n) is 0.300. The second-order valence-corrected chi connectivity index (χ2v) is 1.51. The Morgan fingerprint density at radius 1 is 1.30 bits per heavy atom. The predicted molar refractivity (Wildman–Crippen MR) is 46.9 cm³/mol. The molecule has 0 radical (unpaired) electrons. The molecule has 0 spiro atoms. The van der Waals surface area contributed by atoms with E-state index in [1.165, 1.54) is 0 Å². The third-order valence-electron chi connectivity index (χ3n) is 0.845. The monoisotopic (exact) mass is 142 g/mol. The first-order valence-corrected chi connectivity index (χ1v) is 3.65. The maximum Gasteiger partial charge on any atom is 0.0924 e. The van der Waals surface area contributed by atoms with Crippen LogP contribution in [0.2, 0.25) is 0 Å². The molecule has 0 aliphatic rings. The van der Waals surface area contributed by atoms with E-state index in [-0.39, 0.29) is 0 Å². The van der Waals surface area contributed by atoms with Crippen LogP contribution in [0.4, 0.5) is 0 Å². The Morgan fingerprint density at radius 2 is 1.80 bits per heavy atom. The minimum atomic E-state index is 0.933. The maximum atomic E-state index is 4.86. The van der Waals surface area contributed by atoms with E-state index in [9.17, 15) is 0 Å². The molecule has 1 heteroatoms. The summed E-state index contributed by atoms with van der Waals surface area (Å²) in [6.45, 7) is 7.89. The fraction of sp³-hybridized carbons (Fsp3) is 0.556. The molecule has 0 saturated carbocycles. The first-order chi connectivity index (χ1) is 4.81. The second-order valence-electron chi connectivity index (χ2n) is 1.51. The highest BCUT2D eigenvalue weighted by Gasteiger charge is 1.75. The number of allylic oxidation sites excluding steroid dienone is 4. The van der Waals surface area contributed by atoms with Crippen LogP contribution in [0.5, 0.6) is 0 Å². The van der Waals surface area contributed by atoms with E-state index in [4.69, 9.17) is 4.74 Å². The summed E-state index contributed by atoms with van der Waals surface area (Å²) in [5, 5.41) is 0. The van der Waals surface area contributed by atoms with Gasteiger partial charge in [0.1, 0.15) is 0 Å². The second kappa shape index (κ2) is 11.1. The zero-order chi connectivity index (χ0) is 8.41. The molecular weight excluding hydrogens is 124 g/mol. The van der Waals surface area contributed by atoms with Crippen molar-refractivity contribution in [2.75, 3.05) is 7.11 Å². The minimum absolute atomic E-state index is 0.933. The van der Waals surface area contributed by atoms with Crippen LogP contribution < -0.4 is 0 Å². The van der Waals surface area contributed by atoms with Gasteiger partial charge >= 0.3 is 0 Å². The lowest BCUT2D eigenvalue weighted by atomic mass is 10.4. The molecule has 0 heterocycles. The highest BCUT2D eigenvalue weighted by Crippen LogP contribution is 1.90. The van der Waals surface area contributed by atoms with Crippen molar-refractivity contribution < 1.29 is 4.74 Å². The van der Waals surface area contributed by atoms with Gasteiger partial charge in [-0.3, -0.25) is 0 Å². The maximum absolute atomic E-state index is 4.86.